The Labute approximate surface area is 172 Å². The number of hydrogen-bond acceptors (Lipinski definition) is 5. The monoisotopic (exact) mass is 394 g/mol. The van der Waals surface area contributed by atoms with Crippen LogP contribution in [0.3, 0.4) is 0 Å². The Morgan fingerprint density at radius 1 is 1.10 bits per heavy atom. The molecule has 153 valence electrons. The molecule has 2 heterocycles. The molecule has 6 nitrogen and oxygen atoms in total. The number of rotatable bonds is 5. The molecule has 1 atom stereocenters. The van der Waals surface area contributed by atoms with Gasteiger partial charge in [-0.1, -0.05) is 30.7 Å². The van der Waals surface area contributed by atoms with Gasteiger partial charge in [0.05, 0.1) is 6.20 Å². The SMILES string of the molecule is CC(C)(C)OC(=O)C(NC(=O)c1ccccc1-c1[c]nccc1)N1CCCCC1. The van der Waals surface area contributed by atoms with E-state index in [1.54, 1.807) is 24.4 Å². The van der Waals surface area contributed by atoms with Gasteiger partial charge in [0.25, 0.3) is 5.91 Å². The van der Waals surface area contributed by atoms with Crippen LogP contribution >= 0.6 is 0 Å². The summed E-state index contributed by atoms with van der Waals surface area (Å²) in [5.74, 6) is -0.752. The van der Waals surface area contributed by atoms with E-state index in [2.05, 4.69) is 16.5 Å². The zero-order valence-electron chi connectivity index (χ0n) is 17.3. The van der Waals surface area contributed by atoms with Gasteiger partial charge in [-0.25, -0.2) is 4.79 Å². The van der Waals surface area contributed by atoms with Crippen molar-refractivity contribution in [1.82, 2.24) is 15.2 Å². The number of likely N-dealkylation sites (tertiary alicyclic amines) is 1. The van der Waals surface area contributed by atoms with Gasteiger partial charge in [-0.3, -0.25) is 14.7 Å². The molecule has 1 aromatic heterocycles. The molecule has 1 unspecified atom stereocenters. The Bertz CT molecular complexity index is 840. The molecule has 1 N–H and O–H groups in total. The molecular weight excluding hydrogens is 366 g/mol. The van der Waals surface area contributed by atoms with Crippen molar-refractivity contribution in [3.05, 3.63) is 54.4 Å². The van der Waals surface area contributed by atoms with Gasteiger partial charge in [-0.05, 0) is 51.3 Å². The van der Waals surface area contributed by atoms with Crippen LogP contribution in [0.15, 0.2) is 42.6 Å². The molecule has 6 heteroatoms. The summed E-state index contributed by atoms with van der Waals surface area (Å²) < 4.78 is 5.59. The predicted octanol–water partition coefficient (Wildman–Crippen LogP) is 3.43. The Kier molecular flexibility index (Phi) is 6.64. The summed E-state index contributed by atoms with van der Waals surface area (Å²) in [4.78, 5) is 32.1. The number of pyridine rings is 1. The van der Waals surface area contributed by atoms with Gasteiger partial charge in [-0.15, -0.1) is 0 Å². The normalized spacial score (nSPS) is 16.1. The maximum atomic E-state index is 13.2. The lowest BCUT2D eigenvalue weighted by Gasteiger charge is -2.35. The summed E-state index contributed by atoms with van der Waals surface area (Å²) in [6.07, 6.45) is 6.87. The lowest BCUT2D eigenvalue weighted by atomic mass is 10.0. The maximum Gasteiger partial charge on any atom is 0.344 e. The van der Waals surface area contributed by atoms with Gasteiger partial charge in [0.2, 0.25) is 0 Å². The summed E-state index contributed by atoms with van der Waals surface area (Å²) in [6, 6.07) is 10.9. The van der Waals surface area contributed by atoms with Crippen LogP contribution in [0.4, 0.5) is 0 Å². The van der Waals surface area contributed by atoms with E-state index in [1.807, 2.05) is 43.9 Å². The van der Waals surface area contributed by atoms with E-state index in [4.69, 9.17) is 4.74 Å². The van der Waals surface area contributed by atoms with Gasteiger partial charge < -0.3 is 10.1 Å². The van der Waals surface area contributed by atoms with Crippen molar-refractivity contribution in [3.63, 3.8) is 0 Å². The van der Waals surface area contributed by atoms with Crippen LogP contribution in [0, 0.1) is 6.20 Å². The van der Waals surface area contributed by atoms with E-state index in [-0.39, 0.29) is 5.91 Å². The van der Waals surface area contributed by atoms with Crippen LogP contribution in [0.2, 0.25) is 0 Å². The molecule has 0 aliphatic carbocycles. The average Bonchev–Trinajstić information content (AvgIpc) is 2.72. The zero-order valence-corrected chi connectivity index (χ0v) is 17.3. The smallest absolute Gasteiger partial charge is 0.344 e. The molecule has 2 aromatic rings. The van der Waals surface area contributed by atoms with E-state index >= 15 is 0 Å². The number of aromatic nitrogens is 1. The van der Waals surface area contributed by atoms with Crippen LogP contribution in [0.5, 0.6) is 0 Å². The second kappa shape index (κ2) is 9.18. The topological polar surface area (TPSA) is 71.5 Å². The molecule has 1 amide bonds. The Morgan fingerprint density at radius 2 is 1.83 bits per heavy atom. The number of nitrogens with one attached hydrogen (secondary N) is 1. The molecule has 0 bridgehead atoms. The van der Waals surface area contributed by atoms with Gasteiger partial charge in [0, 0.05) is 30.4 Å². The number of esters is 1. The predicted molar refractivity (Wildman–Crippen MR) is 111 cm³/mol. The van der Waals surface area contributed by atoms with Gasteiger partial charge in [-0.2, -0.15) is 0 Å². The fourth-order valence-electron chi connectivity index (χ4n) is 3.43. The van der Waals surface area contributed by atoms with Gasteiger partial charge in [0.1, 0.15) is 5.60 Å². The van der Waals surface area contributed by atoms with Crippen molar-refractivity contribution in [2.75, 3.05) is 13.1 Å². The lowest BCUT2D eigenvalue weighted by Crippen LogP contribution is -2.56. The largest absolute Gasteiger partial charge is 0.457 e. The third kappa shape index (κ3) is 5.64. The second-order valence-corrected chi connectivity index (χ2v) is 8.21. The molecule has 3 rings (SSSR count). The highest BCUT2D eigenvalue weighted by atomic mass is 16.6. The number of ether oxygens (including phenoxy) is 1. The number of carbonyl (C=O) groups excluding carboxylic acids is 2. The summed E-state index contributed by atoms with van der Waals surface area (Å²) >= 11 is 0. The molecule has 1 aliphatic heterocycles. The quantitative estimate of drug-likeness (QED) is 0.787. The molecule has 1 aliphatic rings. The molecule has 0 saturated carbocycles. The minimum atomic E-state index is -0.812. The zero-order chi connectivity index (χ0) is 20.9. The lowest BCUT2D eigenvalue weighted by molar-refractivity contribution is -0.163. The third-order valence-electron chi connectivity index (χ3n) is 4.72. The molecule has 1 aromatic carbocycles. The summed E-state index contributed by atoms with van der Waals surface area (Å²) in [5.41, 5.74) is 1.30. The van der Waals surface area contributed by atoms with E-state index in [0.29, 0.717) is 5.56 Å². The first kappa shape index (κ1) is 21.0. The van der Waals surface area contributed by atoms with Gasteiger partial charge >= 0.3 is 5.97 Å². The van der Waals surface area contributed by atoms with Crippen molar-refractivity contribution < 1.29 is 14.3 Å². The van der Waals surface area contributed by atoms with Crippen molar-refractivity contribution in [2.45, 2.75) is 51.8 Å². The fourth-order valence-corrected chi connectivity index (χ4v) is 3.43. The van der Waals surface area contributed by atoms with Crippen molar-refractivity contribution in [3.8, 4) is 11.1 Å². The number of piperidine rings is 1. The number of benzene rings is 1. The third-order valence-corrected chi connectivity index (χ3v) is 4.72. The molecule has 1 radical (unpaired) electrons. The fraction of sp³-hybridized carbons (Fsp3) is 0.435. The molecule has 29 heavy (non-hydrogen) atoms. The first-order valence-electron chi connectivity index (χ1n) is 10.0. The van der Waals surface area contributed by atoms with Crippen LogP contribution in [0.1, 0.15) is 50.4 Å². The van der Waals surface area contributed by atoms with Crippen LogP contribution < -0.4 is 5.32 Å². The number of nitrogens with zero attached hydrogens (tertiary/aromatic N) is 2. The second-order valence-electron chi connectivity index (χ2n) is 8.21. The van der Waals surface area contributed by atoms with Crippen LogP contribution in [0.25, 0.3) is 11.1 Å². The average molecular weight is 394 g/mol. The first-order valence-corrected chi connectivity index (χ1v) is 10.0. The number of hydrogen-bond donors (Lipinski definition) is 1. The minimum absolute atomic E-state index is 0.320. The molecular formula is C23H28N3O3. The van der Waals surface area contributed by atoms with E-state index in [9.17, 15) is 9.59 Å². The highest BCUT2D eigenvalue weighted by Gasteiger charge is 2.33. The number of amides is 1. The van der Waals surface area contributed by atoms with E-state index in [0.717, 1.165) is 43.5 Å². The van der Waals surface area contributed by atoms with Crippen LogP contribution in [-0.4, -0.2) is 46.6 Å². The number of carbonyl (C=O) groups is 2. The Balaban J connectivity index is 1.86. The van der Waals surface area contributed by atoms with Crippen molar-refractivity contribution in [1.29, 1.82) is 0 Å². The first-order chi connectivity index (χ1) is 13.8. The maximum absolute atomic E-state index is 13.2. The summed E-state index contributed by atoms with van der Waals surface area (Å²) in [7, 11) is 0. The molecule has 0 spiro atoms. The standard InChI is InChI=1S/C23H28N3O3/c1-23(2,3)29-22(28)20(26-14-7-4-8-15-26)25-21(27)19-12-6-5-11-18(19)17-10-9-13-24-16-17/h5-6,9-13,20H,4,7-8,14-15H2,1-3H3,(H,25,27). The Hall–Kier alpha value is -2.73. The highest BCUT2D eigenvalue weighted by molar-refractivity contribution is 6.02. The highest BCUT2D eigenvalue weighted by Crippen LogP contribution is 2.23. The summed E-state index contributed by atoms with van der Waals surface area (Å²) in [5, 5.41) is 2.91. The molecule has 1 saturated heterocycles. The van der Waals surface area contributed by atoms with E-state index in [1.165, 1.54) is 0 Å². The molecule has 1 fully saturated rings. The summed E-state index contributed by atoms with van der Waals surface area (Å²) in [6.45, 7) is 6.99. The van der Waals surface area contributed by atoms with Crippen molar-refractivity contribution in [2.24, 2.45) is 0 Å². The van der Waals surface area contributed by atoms with Crippen molar-refractivity contribution >= 4 is 11.9 Å². The minimum Gasteiger partial charge on any atom is -0.457 e. The van der Waals surface area contributed by atoms with E-state index < -0.39 is 17.7 Å². The Morgan fingerprint density at radius 3 is 2.48 bits per heavy atom. The van der Waals surface area contributed by atoms with Gasteiger partial charge in [0.15, 0.2) is 6.17 Å². The van der Waals surface area contributed by atoms with Crippen LogP contribution in [-0.2, 0) is 9.53 Å².